The zero-order chi connectivity index (χ0) is 21.1. The van der Waals surface area contributed by atoms with Gasteiger partial charge in [0.25, 0.3) is 0 Å². The maximum atomic E-state index is 11.6. The molecule has 0 bridgehead atoms. The van der Waals surface area contributed by atoms with E-state index < -0.39 is 6.10 Å². The van der Waals surface area contributed by atoms with E-state index in [9.17, 15) is 9.90 Å². The molecule has 0 aliphatic heterocycles. The second-order valence-corrected chi connectivity index (χ2v) is 8.14. The zero-order valence-electron chi connectivity index (χ0n) is 17.4. The molecule has 5 nitrogen and oxygen atoms in total. The highest BCUT2D eigenvalue weighted by molar-refractivity contribution is 7.13. The number of aliphatic hydroxyl groups excluding tert-OH is 1. The number of hydrogen-bond donors (Lipinski definition) is 2. The maximum absolute atomic E-state index is 11.6. The summed E-state index contributed by atoms with van der Waals surface area (Å²) in [7, 11) is 0. The van der Waals surface area contributed by atoms with Gasteiger partial charge in [0.2, 0.25) is 0 Å². The molecule has 0 aliphatic rings. The van der Waals surface area contributed by atoms with E-state index in [0.29, 0.717) is 13.2 Å². The summed E-state index contributed by atoms with van der Waals surface area (Å²) in [5, 5.41) is 13.5. The molecular weight excluding hydrogens is 386 g/mol. The van der Waals surface area contributed by atoms with Gasteiger partial charge in [-0.1, -0.05) is 18.2 Å². The summed E-state index contributed by atoms with van der Waals surface area (Å²) in [6.07, 6.45) is 2.90. The molecule has 2 unspecified atom stereocenters. The van der Waals surface area contributed by atoms with Gasteiger partial charge in [0, 0.05) is 28.4 Å². The summed E-state index contributed by atoms with van der Waals surface area (Å²) >= 11 is 1.70. The molecular formula is C23H31NO4S. The average molecular weight is 418 g/mol. The first kappa shape index (κ1) is 23.1. The number of carbonyl (C=O) groups is 1. The van der Waals surface area contributed by atoms with Crippen molar-refractivity contribution in [3.63, 3.8) is 0 Å². The molecule has 1 aromatic carbocycles. The third-order valence-electron chi connectivity index (χ3n) is 4.38. The average Bonchev–Trinajstić information content (AvgIpc) is 3.19. The number of esters is 1. The number of rotatable bonds is 12. The smallest absolute Gasteiger partial charge is 0.331 e. The van der Waals surface area contributed by atoms with Crippen LogP contribution in [0.5, 0.6) is 5.75 Å². The molecule has 0 saturated heterocycles. The Balaban J connectivity index is 1.69. The first-order chi connectivity index (χ1) is 14.0. The molecule has 29 heavy (non-hydrogen) atoms. The molecule has 1 aromatic heterocycles. The van der Waals surface area contributed by atoms with Crippen LogP contribution in [0.2, 0.25) is 0 Å². The molecule has 1 heterocycles. The number of hydrogen-bond acceptors (Lipinski definition) is 6. The van der Waals surface area contributed by atoms with E-state index in [0.717, 1.165) is 29.0 Å². The van der Waals surface area contributed by atoms with Crippen LogP contribution in [0.3, 0.4) is 0 Å². The molecule has 2 N–H and O–H groups in total. The second-order valence-electron chi connectivity index (χ2n) is 6.97. The summed E-state index contributed by atoms with van der Waals surface area (Å²) in [6.45, 7) is 6.99. The van der Waals surface area contributed by atoms with E-state index >= 15 is 0 Å². The fraction of sp³-hybridized carbons (Fsp3) is 0.435. The second kappa shape index (κ2) is 12.4. The predicted octanol–water partition coefficient (Wildman–Crippen LogP) is 4.07. The molecule has 2 atom stereocenters. The van der Waals surface area contributed by atoms with Gasteiger partial charge in [-0.3, -0.25) is 0 Å². The highest BCUT2D eigenvalue weighted by atomic mass is 32.1. The van der Waals surface area contributed by atoms with Crippen molar-refractivity contribution in [2.45, 2.75) is 45.8 Å². The number of aryl methyl sites for hydroxylation is 1. The normalized spacial score (nSPS) is 13.7. The summed E-state index contributed by atoms with van der Waals surface area (Å²) in [5.74, 6) is 0.466. The van der Waals surface area contributed by atoms with Crippen LogP contribution in [0.15, 0.2) is 48.5 Å². The van der Waals surface area contributed by atoms with E-state index in [1.807, 2.05) is 43.3 Å². The number of ether oxygens (including phenoxy) is 2. The molecule has 2 rings (SSSR count). The number of nitrogens with one attached hydrogen (secondary N) is 1. The number of aliphatic hydroxyl groups is 1. The van der Waals surface area contributed by atoms with Gasteiger partial charge in [-0.25, -0.2) is 4.79 Å². The van der Waals surface area contributed by atoms with Gasteiger partial charge in [-0.15, -0.1) is 11.3 Å². The van der Waals surface area contributed by atoms with E-state index in [2.05, 4.69) is 18.3 Å². The van der Waals surface area contributed by atoms with Crippen LogP contribution in [0, 0.1) is 0 Å². The molecule has 0 fully saturated rings. The fourth-order valence-corrected chi connectivity index (χ4v) is 3.72. The quantitative estimate of drug-likeness (QED) is 0.403. The highest BCUT2D eigenvalue weighted by Gasteiger charge is 2.10. The summed E-state index contributed by atoms with van der Waals surface area (Å²) < 4.78 is 10.5. The first-order valence-electron chi connectivity index (χ1n) is 10.0. The molecule has 0 aliphatic carbocycles. The van der Waals surface area contributed by atoms with Crippen LogP contribution in [0.1, 0.15) is 36.9 Å². The zero-order valence-corrected chi connectivity index (χ0v) is 18.2. The van der Waals surface area contributed by atoms with Crippen LogP contribution in [-0.2, 0) is 16.0 Å². The number of benzene rings is 1. The Hall–Kier alpha value is -2.15. The van der Waals surface area contributed by atoms with Gasteiger partial charge in [-0.2, -0.15) is 0 Å². The Morgan fingerprint density at radius 3 is 2.72 bits per heavy atom. The van der Waals surface area contributed by atoms with Crippen LogP contribution in [0.4, 0.5) is 0 Å². The van der Waals surface area contributed by atoms with E-state index in [4.69, 9.17) is 9.47 Å². The van der Waals surface area contributed by atoms with Crippen molar-refractivity contribution >= 4 is 22.9 Å². The van der Waals surface area contributed by atoms with Crippen molar-refractivity contribution in [2.24, 2.45) is 0 Å². The highest BCUT2D eigenvalue weighted by Crippen LogP contribution is 2.25. The van der Waals surface area contributed by atoms with Gasteiger partial charge in [0.05, 0.1) is 6.61 Å². The number of carbonyl (C=O) groups excluding carboxylic acids is 1. The van der Waals surface area contributed by atoms with Crippen LogP contribution in [-0.4, -0.2) is 43.0 Å². The van der Waals surface area contributed by atoms with Crippen molar-refractivity contribution in [1.82, 2.24) is 5.32 Å². The van der Waals surface area contributed by atoms with Gasteiger partial charge in [0.1, 0.15) is 18.5 Å². The number of allylic oxidation sites excluding steroid dienone is 1. The Morgan fingerprint density at radius 2 is 2.00 bits per heavy atom. The Kier molecular flexibility index (Phi) is 9.91. The lowest BCUT2D eigenvalue weighted by Crippen LogP contribution is -2.36. The van der Waals surface area contributed by atoms with Crippen molar-refractivity contribution in [3.05, 3.63) is 58.3 Å². The minimum atomic E-state index is -0.554. The van der Waals surface area contributed by atoms with Gasteiger partial charge >= 0.3 is 5.97 Å². The summed E-state index contributed by atoms with van der Waals surface area (Å²) in [4.78, 5) is 13.9. The van der Waals surface area contributed by atoms with Gasteiger partial charge < -0.3 is 19.9 Å². The first-order valence-corrected chi connectivity index (χ1v) is 10.8. The molecule has 6 heteroatoms. The molecule has 2 aromatic rings. The SMILES string of the molecule is CCOC(=O)/C=C(\C)c1ccc(CCC(C)NCC(O)COc2ccccc2)s1. The molecule has 158 valence electrons. The van der Waals surface area contributed by atoms with Gasteiger partial charge in [-0.05, 0) is 63.5 Å². The third-order valence-corrected chi connectivity index (χ3v) is 5.66. The molecule has 0 amide bonds. The van der Waals surface area contributed by atoms with Crippen LogP contribution in [0.25, 0.3) is 5.57 Å². The topological polar surface area (TPSA) is 67.8 Å². The minimum Gasteiger partial charge on any atom is -0.491 e. The van der Waals surface area contributed by atoms with E-state index in [1.54, 1.807) is 24.3 Å². The van der Waals surface area contributed by atoms with Crippen LogP contribution < -0.4 is 10.1 Å². The predicted molar refractivity (Wildman–Crippen MR) is 118 cm³/mol. The lowest BCUT2D eigenvalue weighted by Gasteiger charge is -2.17. The lowest BCUT2D eigenvalue weighted by molar-refractivity contribution is -0.137. The molecule has 0 radical (unpaired) electrons. The van der Waals surface area contributed by atoms with Crippen molar-refractivity contribution in [3.8, 4) is 5.75 Å². The number of thiophene rings is 1. The summed E-state index contributed by atoms with van der Waals surface area (Å²) in [5.41, 5.74) is 0.924. The van der Waals surface area contributed by atoms with E-state index in [1.165, 1.54) is 4.88 Å². The lowest BCUT2D eigenvalue weighted by atomic mass is 10.1. The van der Waals surface area contributed by atoms with Gasteiger partial charge in [0.15, 0.2) is 0 Å². The van der Waals surface area contributed by atoms with Crippen molar-refractivity contribution in [2.75, 3.05) is 19.8 Å². The number of para-hydroxylation sites is 1. The van der Waals surface area contributed by atoms with E-state index in [-0.39, 0.29) is 18.6 Å². The van der Waals surface area contributed by atoms with Crippen LogP contribution >= 0.6 is 11.3 Å². The standard InChI is InChI=1S/C23H31NO4S/c1-4-27-23(26)14-17(2)22-13-12-21(29-22)11-10-18(3)24-15-19(25)16-28-20-8-6-5-7-9-20/h5-9,12-14,18-19,24-25H,4,10-11,15-16H2,1-3H3/b17-14+. The fourth-order valence-electron chi connectivity index (χ4n) is 2.72. The molecule has 0 saturated carbocycles. The minimum absolute atomic E-state index is 0.268. The maximum Gasteiger partial charge on any atom is 0.331 e. The summed E-state index contributed by atoms with van der Waals surface area (Å²) in [6, 6.07) is 13.9. The Bertz CT molecular complexity index is 772. The Labute approximate surface area is 177 Å². The third kappa shape index (κ3) is 8.81. The van der Waals surface area contributed by atoms with Crippen molar-refractivity contribution in [1.29, 1.82) is 0 Å². The monoisotopic (exact) mass is 417 g/mol. The molecule has 0 spiro atoms. The largest absolute Gasteiger partial charge is 0.491 e. The van der Waals surface area contributed by atoms with Crippen molar-refractivity contribution < 1.29 is 19.4 Å². The Morgan fingerprint density at radius 1 is 1.24 bits per heavy atom.